The lowest BCUT2D eigenvalue weighted by molar-refractivity contribution is -0.118. The van der Waals surface area contributed by atoms with E-state index in [1.165, 1.54) is 24.1 Å². The topological polar surface area (TPSA) is 58.4 Å². The minimum atomic E-state index is -0.0517. The maximum absolute atomic E-state index is 11.9. The van der Waals surface area contributed by atoms with E-state index in [0.29, 0.717) is 11.6 Å². The number of carbonyl (C=O) groups excluding carboxylic acids is 1. The Morgan fingerprint density at radius 1 is 1.43 bits per heavy atom. The zero-order chi connectivity index (χ0) is 15.6. The van der Waals surface area contributed by atoms with E-state index in [2.05, 4.69) is 24.1 Å². The van der Waals surface area contributed by atoms with Crippen LogP contribution >= 0.6 is 0 Å². The van der Waals surface area contributed by atoms with E-state index in [-0.39, 0.29) is 11.8 Å². The lowest BCUT2D eigenvalue weighted by Gasteiger charge is -2.34. The number of anilines is 3. The van der Waals surface area contributed by atoms with E-state index in [1.807, 2.05) is 26.0 Å². The molecule has 0 radical (unpaired) electrons. The highest BCUT2D eigenvalue weighted by Crippen LogP contribution is 2.32. The number of hydrogen-bond donors (Lipinski definition) is 2. The van der Waals surface area contributed by atoms with Crippen molar-refractivity contribution >= 4 is 23.0 Å². The molecule has 0 aliphatic carbocycles. The summed E-state index contributed by atoms with van der Waals surface area (Å²) in [6, 6.07) is 3.99. The van der Waals surface area contributed by atoms with Crippen LogP contribution in [0.5, 0.6) is 0 Å². The van der Waals surface area contributed by atoms with Crippen LogP contribution in [0.3, 0.4) is 0 Å². The largest absolute Gasteiger partial charge is 0.397 e. The van der Waals surface area contributed by atoms with Crippen LogP contribution in [0.1, 0.15) is 39.2 Å². The van der Waals surface area contributed by atoms with Gasteiger partial charge in [0.2, 0.25) is 5.91 Å². The third-order valence-corrected chi connectivity index (χ3v) is 4.15. The zero-order valence-corrected chi connectivity index (χ0v) is 13.6. The second kappa shape index (κ2) is 6.37. The fourth-order valence-electron chi connectivity index (χ4n) is 2.85. The molecule has 4 heteroatoms. The van der Waals surface area contributed by atoms with Gasteiger partial charge < -0.3 is 16.0 Å². The van der Waals surface area contributed by atoms with Crippen molar-refractivity contribution in [3.05, 3.63) is 17.7 Å². The summed E-state index contributed by atoms with van der Waals surface area (Å²) in [5.74, 6) is 0.664. The minimum absolute atomic E-state index is 0.00325. The van der Waals surface area contributed by atoms with E-state index in [1.54, 1.807) is 0 Å². The van der Waals surface area contributed by atoms with E-state index >= 15 is 0 Å². The van der Waals surface area contributed by atoms with Gasteiger partial charge in [0.25, 0.3) is 0 Å². The van der Waals surface area contributed by atoms with Gasteiger partial charge in [0.15, 0.2) is 0 Å². The van der Waals surface area contributed by atoms with Gasteiger partial charge in [-0.3, -0.25) is 4.79 Å². The molecule has 1 unspecified atom stereocenters. The number of rotatable bonds is 3. The molecule has 1 aromatic rings. The highest BCUT2D eigenvalue weighted by Gasteiger charge is 2.19. The monoisotopic (exact) mass is 289 g/mol. The zero-order valence-electron chi connectivity index (χ0n) is 13.6. The van der Waals surface area contributed by atoms with Crippen LogP contribution in [0.2, 0.25) is 0 Å². The van der Waals surface area contributed by atoms with Crippen LogP contribution < -0.4 is 16.0 Å². The number of piperidine rings is 1. The smallest absolute Gasteiger partial charge is 0.226 e. The third kappa shape index (κ3) is 3.69. The molecule has 1 atom stereocenters. The summed E-state index contributed by atoms with van der Waals surface area (Å²) in [5.41, 5.74) is 9.79. The molecule has 116 valence electrons. The molecular formula is C17H27N3O. The molecule has 1 fully saturated rings. The van der Waals surface area contributed by atoms with Gasteiger partial charge in [-0.25, -0.2) is 0 Å². The summed E-state index contributed by atoms with van der Waals surface area (Å²) < 4.78 is 0. The van der Waals surface area contributed by atoms with Crippen molar-refractivity contribution in [1.29, 1.82) is 0 Å². The first kappa shape index (κ1) is 15.7. The number of amides is 1. The molecule has 0 bridgehead atoms. The Kier molecular flexibility index (Phi) is 4.76. The second-order valence-corrected chi connectivity index (χ2v) is 6.56. The van der Waals surface area contributed by atoms with Crippen molar-refractivity contribution in [3.8, 4) is 0 Å². The Labute approximate surface area is 127 Å². The molecule has 1 saturated heterocycles. The minimum Gasteiger partial charge on any atom is -0.397 e. The molecule has 1 aliphatic rings. The van der Waals surface area contributed by atoms with Crippen molar-refractivity contribution in [2.24, 2.45) is 11.8 Å². The summed E-state index contributed by atoms with van der Waals surface area (Å²) >= 11 is 0. The number of hydrogen-bond acceptors (Lipinski definition) is 3. The number of nitrogens with one attached hydrogen (secondary N) is 1. The molecule has 0 aromatic heterocycles. The first-order valence-corrected chi connectivity index (χ1v) is 7.84. The SMILES string of the molecule is Cc1cc(N)c(NC(=O)C(C)C)cc1N1CCCC(C)C1. The average molecular weight is 289 g/mol. The van der Waals surface area contributed by atoms with Crippen LogP contribution in [0.25, 0.3) is 0 Å². The van der Waals surface area contributed by atoms with Gasteiger partial charge in [0.05, 0.1) is 11.4 Å². The Morgan fingerprint density at radius 3 is 2.76 bits per heavy atom. The van der Waals surface area contributed by atoms with Crippen LogP contribution in [0.4, 0.5) is 17.1 Å². The van der Waals surface area contributed by atoms with Gasteiger partial charge >= 0.3 is 0 Å². The van der Waals surface area contributed by atoms with Crippen molar-refractivity contribution in [2.75, 3.05) is 29.0 Å². The molecule has 0 spiro atoms. The predicted octanol–water partition coefficient (Wildman–Crippen LogP) is 3.41. The van der Waals surface area contributed by atoms with Crippen molar-refractivity contribution in [1.82, 2.24) is 0 Å². The Hall–Kier alpha value is -1.71. The number of nitrogens with two attached hydrogens (primary N) is 1. The van der Waals surface area contributed by atoms with E-state index in [0.717, 1.165) is 18.8 Å². The van der Waals surface area contributed by atoms with Crippen molar-refractivity contribution in [3.63, 3.8) is 0 Å². The van der Waals surface area contributed by atoms with Gasteiger partial charge in [-0.1, -0.05) is 20.8 Å². The van der Waals surface area contributed by atoms with Crippen molar-refractivity contribution < 1.29 is 4.79 Å². The maximum atomic E-state index is 11.9. The normalized spacial score (nSPS) is 18.9. The highest BCUT2D eigenvalue weighted by molar-refractivity contribution is 5.96. The van der Waals surface area contributed by atoms with Gasteiger partial charge in [-0.05, 0) is 43.4 Å². The number of benzene rings is 1. The molecule has 21 heavy (non-hydrogen) atoms. The molecule has 1 aromatic carbocycles. The third-order valence-electron chi connectivity index (χ3n) is 4.15. The summed E-state index contributed by atoms with van der Waals surface area (Å²) in [6.45, 7) is 10.3. The Morgan fingerprint density at radius 2 is 2.14 bits per heavy atom. The summed E-state index contributed by atoms with van der Waals surface area (Å²) in [5, 5.41) is 2.94. The quantitative estimate of drug-likeness (QED) is 0.838. The molecule has 1 aliphatic heterocycles. The fourth-order valence-corrected chi connectivity index (χ4v) is 2.85. The number of nitrogens with zero attached hydrogens (tertiary/aromatic N) is 1. The summed E-state index contributed by atoms with van der Waals surface area (Å²) in [6.07, 6.45) is 2.51. The van der Waals surface area contributed by atoms with Crippen LogP contribution in [-0.4, -0.2) is 19.0 Å². The number of aryl methyl sites for hydroxylation is 1. The van der Waals surface area contributed by atoms with Crippen LogP contribution in [0.15, 0.2) is 12.1 Å². The van der Waals surface area contributed by atoms with E-state index in [4.69, 9.17) is 5.73 Å². The van der Waals surface area contributed by atoms with Gasteiger partial charge in [0.1, 0.15) is 0 Å². The average Bonchev–Trinajstić information content (AvgIpc) is 2.41. The summed E-state index contributed by atoms with van der Waals surface area (Å²) in [4.78, 5) is 14.3. The number of nitrogen functional groups attached to an aromatic ring is 1. The molecule has 2 rings (SSSR count). The predicted molar refractivity (Wildman–Crippen MR) is 89.7 cm³/mol. The molecule has 1 heterocycles. The fraction of sp³-hybridized carbons (Fsp3) is 0.588. The summed E-state index contributed by atoms with van der Waals surface area (Å²) in [7, 11) is 0. The van der Waals surface area contributed by atoms with Crippen LogP contribution in [0, 0.1) is 18.8 Å². The first-order chi connectivity index (χ1) is 9.88. The molecular weight excluding hydrogens is 262 g/mol. The van der Waals surface area contributed by atoms with Gasteiger partial charge in [-0.15, -0.1) is 0 Å². The second-order valence-electron chi connectivity index (χ2n) is 6.56. The van der Waals surface area contributed by atoms with Gasteiger partial charge in [-0.2, -0.15) is 0 Å². The lowest BCUT2D eigenvalue weighted by Crippen LogP contribution is -2.34. The molecule has 4 nitrogen and oxygen atoms in total. The molecule has 3 N–H and O–H groups in total. The van der Waals surface area contributed by atoms with Crippen molar-refractivity contribution in [2.45, 2.75) is 40.5 Å². The highest BCUT2D eigenvalue weighted by atomic mass is 16.1. The molecule has 0 saturated carbocycles. The Bertz CT molecular complexity index is 525. The first-order valence-electron chi connectivity index (χ1n) is 7.84. The standard InChI is InChI=1S/C17H27N3O/c1-11(2)17(21)19-15-9-16(13(4)8-14(15)18)20-7-5-6-12(3)10-20/h8-9,11-12H,5-7,10,18H2,1-4H3,(H,19,21). The molecule has 1 amide bonds. The lowest BCUT2D eigenvalue weighted by atomic mass is 9.98. The van der Waals surface area contributed by atoms with E-state index in [9.17, 15) is 4.79 Å². The van der Waals surface area contributed by atoms with E-state index < -0.39 is 0 Å². The van der Waals surface area contributed by atoms with Gasteiger partial charge in [0, 0.05) is 24.7 Å². The Balaban J connectivity index is 2.27. The maximum Gasteiger partial charge on any atom is 0.226 e. The van der Waals surface area contributed by atoms with Crippen LogP contribution in [-0.2, 0) is 4.79 Å². The number of carbonyl (C=O) groups is 1.